The molecular weight excluding hydrogens is 304 g/mol. The van der Waals surface area contributed by atoms with Gasteiger partial charge < -0.3 is 0 Å². The van der Waals surface area contributed by atoms with E-state index in [1.165, 1.54) is 0 Å². The summed E-state index contributed by atoms with van der Waals surface area (Å²) in [6.07, 6.45) is 3.04. The number of nitrogens with zero attached hydrogens (tertiary/aromatic N) is 1. The summed E-state index contributed by atoms with van der Waals surface area (Å²) < 4.78 is 27.5. The Labute approximate surface area is 131 Å². The summed E-state index contributed by atoms with van der Waals surface area (Å²) >= 11 is 1.82. The smallest absolute Gasteiger partial charge is 0.212 e. The van der Waals surface area contributed by atoms with E-state index < -0.39 is 10.0 Å². The average molecular weight is 324 g/mol. The van der Waals surface area contributed by atoms with Gasteiger partial charge in [-0.1, -0.05) is 31.5 Å². The van der Waals surface area contributed by atoms with Gasteiger partial charge in [0.05, 0.1) is 17.4 Å². The second-order valence-corrected chi connectivity index (χ2v) is 8.45. The zero-order valence-corrected chi connectivity index (χ0v) is 13.7. The molecule has 1 saturated carbocycles. The third-order valence-electron chi connectivity index (χ3n) is 3.65. The Morgan fingerprint density at radius 3 is 2.86 bits per heavy atom. The molecule has 0 aromatic heterocycles. The topological polar surface area (TPSA) is 70.0 Å². The molecule has 1 aliphatic carbocycles. The van der Waals surface area contributed by atoms with Crippen molar-refractivity contribution in [1.29, 1.82) is 5.26 Å². The van der Waals surface area contributed by atoms with Crippen molar-refractivity contribution in [2.24, 2.45) is 0 Å². The summed E-state index contributed by atoms with van der Waals surface area (Å²) in [5.41, 5.74) is 0.985. The van der Waals surface area contributed by atoms with E-state index in [0.29, 0.717) is 16.4 Å². The first kappa shape index (κ1) is 16.3. The van der Waals surface area contributed by atoms with Crippen molar-refractivity contribution in [2.45, 2.75) is 43.2 Å². The molecule has 0 bridgehead atoms. The van der Waals surface area contributed by atoms with E-state index in [4.69, 9.17) is 5.26 Å². The van der Waals surface area contributed by atoms with Crippen LogP contribution in [0, 0.1) is 11.3 Å². The lowest BCUT2D eigenvalue weighted by atomic mass is 10.1. The molecule has 114 valence electrons. The first-order valence-corrected chi connectivity index (χ1v) is 9.85. The van der Waals surface area contributed by atoms with Gasteiger partial charge in [-0.25, -0.2) is 13.1 Å². The van der Waals surface area contributed by atoms with Crippen molar-refractivity contribution in [2.75, 3.05) is 5.75 Å². The van der Waals surface area contributed by atoms with Crippen LogP contribution in [0.15, 0.2) is 24.3 Å². The fourth-order valence-corrected chi connectivity index (χ4v) is 5.48. The highest BCUT2D eigenvalue weighted by atomic mass is 32.2. The van der Waals surface area contributed by atoms with Crippen LogP contribution in [-0.4, -0.2) is 25.5 Å². The van der Waals surface area contributed by atoms with Crippen molar-refractivity contribution in [3.05, 3.63) is 35.4 Å². The van der Waals surface area contributed by atoms with Crippen molar-refractivity contribution in [1.82, 2.24) is 4.72 Å². The lowest BCUT2D eigenvalue weighted by molar-refractivity contribution is 0.554. The zero-order chi connectivity index (χ0) is 15.3. The number of hydrogen-bond acceptors (Lipinski definition) is 4. The van der Waals surface area contributed by atoms with Gasteiger partial charge in [0.15, 0.2) is 0 Å². The van der Waals surface area contributed by atoms with E-state index in [0.717, 1.165) is 25.0 Å². The van der Waals surface area contributed by atoms with E-state index in [9.17, 15) is 8.42 Å². The summed E-state index contributed by atoms with van der Waals surface area (Å²) in [5.74, 6) is 0.872. The molecule has 0 aliphatic heterocycles. The highest BCUT2D eigenvalue weighted by Crippen LogP contribution is 2.30. The van der Waals surface area contributed by atoms with E-state index in [2.05, 4.69) is 11.6 Å². The van der Waals surface area contributed by atoms with Crippen LogP contribution in [0.2, 0.25) is 0 Å². The summed E-state index contributed by atoms with van der Waals surface area (Å²) in [7, 11) is -3.42. The molecule has 2 atom stereocenters. The molecule has 1 N–H and O–H groups in total. The van der Waals surface area contributed by atoms with Crippen molar-refractivity contribution in [3.63, 3.8) is 0 Å². The third-order valence-corrected chi connectivity index (χ3v) is 6.33. The van der Waals surface area contributed by atoms with Crippen molar-refractivity contribution in [3.8, 4) is 6.07 Å². The van der Waals surface area contributed by atoms with Gasteiger partial charge in [0.25, 0.3) is 0 Å². The lowest BCUT2D eigenvalue weighted by Gasteiger charge is -2.20. The maximum absolute atomic E-state index is 12.3. The quantitative estimate of drug-likeness (QED) is 0.873. The van der Waals surface area contributed by atoms with E-state index >= 15 is 0 Å². The molecule has 0 heterocycles. The minimum Gasteiger partial charge on any atom is -0.212 e. The lowest BCUT2D eigenvalue weighted by Crippen LogP contribution is -2.39. The summed E-state index contributed by atoms with van der Waals surface area (Å²) in [6, 6.07) is 8.92. The number of nitrogens with one attached hydrogen (secondary N) is 1. The highest BCUT2D eigenvalue weighted by molar-refractivity contribution is 8.00. The molecule has 2 unspecified atom stereocenters. The molecule has 1 aromatic carbocycles. The molecule has 0 spiro atoms. The zero-order valence-electron chi connectivity index (χ0n) is 12.1. The van der Waals surface area contributed by atoms with Crippen LogP contribution in [0.4, 0.5) is 0 Å². The van der Waals surface area contributed by atoms with Gasteiger partial charge in [0.2, 0.25) is 10.0 Å². The van der Waals surface area contributed by atoms with Crippen LogP contribution in [0.25, 0.3) is 0 Å². The van der Waals surface area contributed by atoms with Gasteiger partial charge in [0, 0.05) is 11.3 Å². The Kier molecular flexibility index (Phi) is 5.68. The van der Waals surface area contributed by atoms with Gasteiger partial charge in [-0.2, -0.15) is 17.0 Å². The Hall–Kier alpha value is -1.03. The highest BCUT2D eigenvalue weighted by Gasteiger charge is 2.30. The average Bonchev–Trinajstić information content (AvgIpc) is 2.86. The van der Waals surface area contributed by atoms with Crippen LogP contribution in [0.1, 0.15) is 37.3 Å². The number of benzene rings is 1. The molecular formula is C15H20N2O2S2. The predicted molar refractivity (Wildman–Crippen MR) is 86.5 cm³/mol. The van der Waals surface area contributed by atoms with Crippen LogP contribution >= 0.6 is 11.8 Å². The number of nitriles is 1. The molecule has 1 aliphatic rings. The number of hydrogen-bond donors (Lipinski definition) is 1. The molecule has 1 aromatic rings. The largest absolute Gasteiger partial charge is 0.216 e. The standard InChI is InChI=1S/C15H20N2O2S2/c1-2-20-15-9-5-8-14(15)17-21(18,19)11-13-7-4-3-6-12(13)10-16/h3-4,6-7,14-15,17H,2,5,8-9,11H2,1H3. The summed E-state index contributed by atoms with van der Waals surface area (Å²) in [5, 5.41) is 9.41. The van der Waals surface area contributed by atoms with Crippen molar-refractivity contribution < 1.29 is 8.42 Å². The summed E-state index contributed by atoms with van der Waals surface area (Å²) in [6.45, 7) is 2.09. The fraction of sp³-hybridized carbons (Fsp3) is 0.533. The van der Waals surface area contributed by atoms with E-state index in [-0.39, 0.29) is 11.8 Å². The van der Waals surface area contributed by atoms with Crippen LogP contribution in [0.3, 0.4) is 0 Å². The fourth-order valence-electron chi connectivity index (χ4n) is 2.71. The first-order valence-electron chi connectivity index (χ1n) is 7.15. The third kappa shape index (κ3) is 4.47. The monoisotopic (exact) mass is 324 g/mol. The number of rotatable bonds is 6. The van der Waals surface area contributed by atoms with Gasteiger partial charge in [0.1, 0.15) is 0 Å². The minimum absolute atomic E-state index is 0.0224. The first-order chi connectivity index (χ1) is 10.1. The van der Waals surface area contributed by atoms with Crippen LogP contribution < -0.4 is 4.72 Å². The van der Waals surface area contributed by atoms with Crippen LogP contribution in [0.5, 0.6) is 0 Å². The SMILES string of the molecule is CCSC1CCCC1NS(=O)(=O)Cc1ccccc1C#N. The Bertz CT molecular complexity index is 623. The Morgan fingerprint density at radius 1 is 1.38 bits per heavy atom. The number of thioether (sulfide) groups is 1. The molecule has 6 heteroatoms. The van der Waals surface area contributed by atoms with Gasteiger partial charge in [-0.15, -0.1) is 0 Å². The maximum atomic E-state index is 12.3. The van der Waals surface area contributed by atoms with Gasteiger partial charge >= 0.3 is 0 Å². The van der Waals surface area contributed by atoms with E-state index in [1.807, 2.05) is 17.8 Å². The maximum Gasteiger partial charge on any atom is 0.216 e. The van der Waals surface area contributed by atoms with Gasteiger partial charge in [-0.05, 0) is 30.2 Å². The summed E-state index contributed by atoms with van der Waals surface area (Å²) in [4.78, 5) is 0. The Morgan fingerprint density at radius 2 is 2.14 bits per heavy atom. The molecule has 1 fully saturated rings. The second-order valence-electron chi connectivity index (χ2n) is 5.18. The normalized spacial score (nSPS) is 22.1. The minimum atomic E-state index is -3.42. The Balaban J connectivity index is 2.07. The predicted octanol–water partition coefficient (Wildman–Crippen LogP) is 2.65. The molecule has 4 nitrogen and oxygen atoms in total. The molecule has 0 saturated heterocycles. The van der Waals surface area contributed by atoms with E-state index in [1.54, 1.807) is 24.3 Å². The van der Waals surface area contributed by atoms with Crippen molar-refractivity contribution >= 4 is 21.8 Å². The molecule has 0 amide bonds. The van der Waals surface area contributed by atoms with Gasteiger partial charge in [-0.3, -0.25) is 0 Å². The molecule has 21 heavy (non-hydrogen) atoms. The molecule has 2 rings (SSSR count). The second kappa shape index (κ2) is 7.30. The number of sulfonamides is 1. The van der Waals surface area contributed by atoms with Crippen LogP contribution in [-0.2, 0) is 15.8 Å². The molecule has 0 radical (unpaired) electrons.